The van der Waals surface area contributed by atoms with E-state index in [2.05, 4.69) is 29.5 Å². The lowest BCUT2D eigenvalue weighted by Crippen LogP contribution is -2.62. The zero-order valence-corrected chi connectivity index (χ0v) is 29.1. The minimum Gasteiger partial charge on any atom is -0.451 e. The summed E-state index contributed by atoms with van der Waals surface area (Å²) in [6, 6.07) is 3.38. The second-order valence-corrected chi connectivity index (χ2v) is 15.2. The first-order chi connectivity index (χ1) is 23.3. The average molecular weight is 702 g/mol. The number of piperidine rings is 1. The fourth-order valence-corrected chi connectivity index (χ4v) is 8.09. The maximum absolute atomic E-state index is 14.3. The number of sulfonamides is 1. The molecule has 1 spiro atoms. The number of benzene rings is 1. The molecule has 0 aliphatic carbocycles. The topological polar surface area (TPSA) is 163 Å². The number of carbonyl (C=O) groups is 1. The number of aromatic nitrogens is 3. The molecule has 0 unspecified atom stereocenters. The average Bonchev–Trinajstić information content (AvgIpc) is 3.50. The summed E-state index contributed by atoms with van der Waals surface area (Å²) in [5.41, 5.74) is 0.215. The number of carbonyl (C=O) groups excluding carboxylic acids is 1. The molecule has 1 amide bonds. The molecule has 2 atom stereocenters. The smallest absolute Gasteiger partial charge is 0.275 e. The first kappa shape index (κ1) is 35.1. The van der Waals surface area contributed by atoms with E-state index in [4.69, 9.17) is 13.9 Å². The van der Waals surface area contributed by atoms with Crippen molar-refractivity contribution in [3.05, 3.63) is 54.2 Å². The van der Waals surface area contributed by atoms with Crippen molar-refractivity contribution in [3.8, 4) is 11.5 Å². The highest BCUT2D eigenvalue weighted by molar-refractivity contribution is 7.89. The Labute approximate surface area is 285 Å². The van der Waals surface area contributed by atoms with Gasteiger partial charge < -0.3 is 28.8 Å². The molecule has 0 saturated carbocycles. The van der Waals surface area contributed by atoms with Gasteiger partial charge in [-0.05, 0) is 71.3 Å². The van der Waals surface area contributed by atoms with E-state index in [0.29, 0.717) is 31.1 Å². The summed E-state index contributed by atoms with van der Waals surface area (Å²) in [5.74, 6) is -0.711. The van der Waals surface area contributed by atoms with Crippen LogP contribution in [0.15, 0.2) is 46.4 Å². The van der Waals surface area contributed by atoms with Crippen LogP contribution in [-0.2, 0) is 14.8 Å². The normalized spacial score (nSPS) is 22.7. The maximum Gasteiger partial charge on any atom is 0.275 e. The highest BCUT2D eigenvalue weighted by Gasteiger charge is 2.47. The number of aliphatic hydroxyl groups is 1. The van der Waals surface area contributed by atoms with E-state index in [1.165, 1.54) is 30.7 Å². The molecule has 14 nitrogen and oxygen atoms in total. The summed E-state index contributed by atoms with van der Waals surface area (Å²) in [4.78, 5) is 31.8. The lowest BCUT2D eigenvalue weighted by Gasteiger charge is -2.55. The molecule has 1 aromatic carbocycles. The van der Waals surface area contributed by atoms with Crippen LogP contribution in [0, 0.1) is 18.2 Å². The second-order valence-electron chi connectivity index (χ2n) is 13.6. The molecule has 49 heavy (non-hydrogen) atoms. The Balaban J connectivity index is 1.02. The first-order valence-corrected chi connectivity index (χ1v) is 18.1. The Bertz CT molecular complexity index is 1750. The zero-order valence-electron chi connectivity index (χ0n) is 28.3. The van der Waals surface area contributed by atoms with Crippen LogP contribution in [0.3, 0.4) is 0 Å². The third-order valence-corrected chi connectivity index (χ3v) is 11.0. The Morgan fingerprint density at radius 2 is 1.94 bits per heavy atom. The van der Waals surface area contributed by atoms with E-state index >= 15 is 0 Å². The summed E-state index contributed by atoms with van der Waals surface area (Å²) in [6.07, 6.45) is 6.72. The third kappa shape index (κ3) is 7.72. The minimum absolute atomic E-state index is 0.0427. The lowest BCUT2D eigenvalue weighted by molar-refractivity contribution is -0.239. The predicted molar refractivity (Wildman–Crippen MR) is 176 cm³/mol. The number of hydrogen-bond acceptors (Lipinski definition) is 12. The molecular formula is C33H44FN7O7S. The molecule has 2 N–H and O–H groups in total. The molecule has 3 aliphatic rings. The van der Waals surface area contributed by atoms with E-state index in [0.717, 1.165) is 39.0 Å². The number of nitrogens with one attached hydrogen (secondary N) is 1. The van der Waals surface area contributed by atoms with Gasteiger partial charge in [-0.25, -0.2) is 32.5 Å². The zero-order chi connectivity index (χ0) is 35.0. The van der Waals surface area contributed by atoms with Crippen molar-refractivity contribution in [2.24, 2.45) is 5.41 Å². The van der Waals surface area contributed by atoms with E-state index < -0.39 is 27.7 Å². The number of amides is 1. The number of likely N-dealkylation sites (tertiary alicyclic amines) is 1. The first-order valence-electron chi connectivity index (χ1n) is 16.7. The number of oxazole rings is 1. The Hall–Kier alpha value is -3.70. The van der Waals surface area contributed by atoms with Gasteiger partial charge in [0.1, 0.15) is 17.9 Å². The van der Waals surface area contributed by atoms with Crippen molar-refractivity contribution < 1.29 is 36.6 Å². The largest absolute Gasteiger partial charge is 0.451 e. The predicted octanol–water partition coefficient (Wildman–Crippen LogP) is 3.32. The number of ether oxygens (including phenoxy) is 2. The van der Waals surface area contributed by atoms with Crippen molar-refractivity contribution in [2.75, 3.05) is 50.8 Å². The van der Waals surface area contributed by atoms with E-state index in [9.17, 15) is 22.7 Å². The van der Waals surface area contributed by atoms with Gasteiger partial charge >= 0.3 is 0 Å². The summed E-state index contributed by atoms with van der Waals surface area (Å²) >= 11 is 0. The number of nitrogens with zero attached hydrogens (tertiary/aromatic N) is 6. The fourth-order valence-electron chi connectivity index (χ4n) is 6.93. The van der Waals surface area contributed by atoms with Gasteiger partial charge in [0.05, 0.1) is 31.1 Å². The van der Waals surface area contributed by atoms with Crippen LogP contribution >= 0.6 is 0 Å². The highest BCUT2D eigenvalue weighted by Crippen LogP contribution is 2.45. The van der Waals surface area contributed by atoms with Gasteiger partial charge in [0.2, 0.25) is 0 Å². The van der Waals surface area contributed by atoms with Gasteiger partial charge in [-0.15, -0.1) is 0 Å². The lowest BCUT2D eigenvalue weighted by atomic mass is 9.72. The number of β-amino-alcohol motifs (C(OH)–C–C–N with tert-alkyl or cyclic N) is 1. The molecule has 0 radical (unpaired) electrons. The maximum atomic E-state index is 14.3. The number of anilines is 1. The Kier molecular flexibility index (Phi) is 9.97. The van der Waals surface area contributed by atoms with Crippen molar-refractivity contribution in [1.82, 2.24) is 29.5 Å². The molecule has 266 valence electrons. The highest BCUT2D eigenvalue weighted by atomic mass is 32.2. The molecular weight excluding hydrogens is 657 g/mol. The van der Waals surface area contributed by atoms with Crippen molar-refractivity contribution in [2.45, 2.75) is 76.3 Å². The summed E-state index contributed by atoms with van der Waals surface area (Å²) < 4.78 is 59.2. The van der Waals surface area contributed by atoms with Crippen molar-refractivity contribution in [3.63, 3.8) is 0 Å². The second kappa shape index (κ2) is 13.9. The minimum atomic E-state index is -3.87. The van der Waals surface area contributed by atoms with Crippen LogP contribution in [0.25, 0.3) is 0 Å². The van der Waals surface area contributed by atoms with Crippen LogP contribution in [0.5, 0.6) is 11.5 Å². The van der Waals surface area contributed by atoms with Crippen molar-refractivity contribution in [1.29, 1.82) is 0 Å². The van der Waals surface area contributed by atoms with Gasteiger partial charge in [0.15, 0.2) is 23.2 Å². The SMILES string of the molecule is CCN(C(=O)c1cc(F)ccc1Oc1cncnc1N1CC2(CCN(C[C@@]3(O)CC[C@@H](NS(=O)(=O)c4cnc(C)o4)CO3)CC2)C1)C(C)C. The Morgan fingerprint density at radius 1 is 1.18 bits per heavy atom. The van der Waals surface area contributed by atoms with Gasteiger partial charge in [0, 0.05) is 50.5 Å². The monoisotopic (exact) mass is 701 g/mol. The summed E-state index contributed by atoms with van der Waals surface area (Å²) in [5, 5.41) is 10.9. The van der Waals surface area contributed by atoms with Crippen LogP contribution in [0.4, 0.5) is 10.2 Å². The number of rotatable bonds is 11. The van der Waals surface area contributed by atoms with Gasteiger partial charge in [-0.1, -0.05) is 0 Å². The van der Waals surface area contributed by atoms with Crippen LogP contribution in [0.2, 0.25) is 0 Å². The molecule has 6 rings (SSSR count). The third-order valence-electron chi connectivity index (χ3n) is 9.64. The summed E-state index contributed by atoms with van der Waals surface area (Å²) in [6.45, 7) is 11.2. The standard InChI is InChI=1S/C33H44FN7O7S/c1-5-41(22(2)3)31(42)26-14-24(34)6-7-27(26)48-28-15-35-21-37-30(28)40-18-32(19-40)10-12-39(13-11-32)20-33(43)9-8-25(17-46-33)38-49(44,45)29-16-36-23(4)47-29/h6-7,14-16,21-22,25,38,43H,5,8-13,17-20H2,1-4H3/t25-,33-/m1/s1. The molecule has 16 heteroatoms. The molecule has 2 aromatic heterocycles. The molecule has 3 aromatic rings. The van der Waals surface area contributed by atoms with Gasteiger partial charge in [-0.3, -0.25) is 9.69 Å². The van der Waals surface area contributed by atoms with Crippen molar-refractivity contribution >= 4 is 21.7 Å². The molecule has 3 aliphatic heterocycles. The molecule has 3 saturated heterocycles. The van der Waals surface area contributed by atoms with E-state index in [1.54, 1.807) is 18.0 Å². The van der Waals surface area contributed by atoms with E-state index in [1.807, 2.05) is 20.8 Å². The number of halogens is 1. The number of aryl methyl sites for hydroxylation is 1. The molecule has 5 heterocycles. The van der Waals surface area contributed by atoms with Crippen LogP contribution < -0.4 is 14.4 Å². The molecule has 0 bridgehead atoms. The van der Waals surface area contributed by atoms with Crippen LogP contribution in [0.1, 0.15) is 62.7 Å². The van der Waals surface area contributed by atoms with Gasteiger partial charge in [0.25, 0.3) is 21.0 Å². The van der Waals surface area contributed by atoms with Crippen LogP contribution in [-0.4, -0.2) is 108 Å². The Morgan fingerprint density at radius 3 is 2.57 bits per heavy atom. The summed E-state index contributed by atoms with van der Waals surface area (Å²) in [7, 11) is -3.87. The fraction of sp³-hybridized carbons (Fsp3) is 0.576. The van der Waals surface area contributed by atoms with E-state index in [-0.39, 0.29) is 52.7 Å². The molecule has 3 fully saturated rings. The number of hydrogen-bond donors (Lipinski definition) is 2. The van der Waals surface area contributed by atoms with Gasteiger partial charge in [-0.2, -0.15) is 0 Å². The quantitative estimate of drug-likeness (QED) is 0.300.